The fraction of sp³-hybridized carbons (Fsp3) is 0.143. The molecule has 3 heterocycles. The number of amides is 1. The van der Waals surface area contributed by atoms with Gasteiger partial charge in [-0.05, 0) is 31.5 Å². The Morgan fingerprint density at radius 2 is 2.14 bits per heavy atom. The molecule has 0 unspecified atom stereocenters. The third kappa shape index (κ3) is 2.43. The van der Waals surface area contributed by atoms with Crippen molar-refractivity contribution >= 4 is 28.0 Å². The number of thiazole rings is 1. The van der Waals surface area contributed by atoms with Gasteiger partial charge >= 0.3 is 0 Å². The lowest BCUT2D eigenvalue weighted by molar-refractivity contribution is 0.102. The maximum absolute atomic E-state index is 12.4. The van der Waals surface area contributed by atoms with E-state index in [1.807, 2.05) is 18.4 Å². The second-order valence-corrected chi connectivity index (χ2v) is 5.48. The molecule has 3 aromatic heterocycles. The van der Waals surface area contributed by atoms with Gasteiger partial charge in [0.15, 0.2) is 4.96 Å². The smallest absolute Gasteiger partial charge is 0.271 e. The molecule has 0 aliphatic carbocycles. The molecule has 21 heavy (non-hydrogen) atoms. The SMILES string of the molecule is Cc1ccnc(NC(=O)c2cnc3scc(C)n3c2=O)c1. The topological polar surface area (TPSA) is 76.4 Å². The van der Waals surface area contributed by atoms with Crippen LogP contribution in [0.15, 0.2) is 34.7 Å². The first-order valence-electron chi connectivity index (χ1n) is 6.26. The Balaban J connectivity index is 2.00. The van der Waals surface area contributed by atoms with Crippen LogP contribution in [0.25, 0.3) is 4.96 Å². The summed E-state index contributed by atoms with van der Waals surface area (Å²) >= 11 is 1.36. The second-order valence-electron chi connectivity index (χ2n) is 4.64. The largest absolute Gasteiger partial charge is 0.306 e. The summed E-state index contributed by atoms with van der Waals surface area (Å²) in [5.74, 6) is -0.0999. The summed E-state index contributed by atoms with van der Waals surface area (Å²) in [5.41, 5.74) is 1.36. The van der Waals surface area contributed by atoms with Crippen molar-refractivity contribution in [2.24, 2.45) is 0 Å². The highest BCUT2D eigenvalue weighted by atomic mass is 32.1. The zero-order chi connectivity index (χ0) is 15.0. The number of nitrogens with zero attached hydrogens (tertiary/aromatic N) is 3. The predicted molar refractivity (Wildman–Crippen MR) is 81.0 cm³/mol. The van der Waals surface area contributed by atoms with Crippen molar-refractivity contribution in [2.75, 3.05) is 5.32 Å². The Morgan fingerprint density at radius 3 is 2.90 bits per heavy atom. The van der Waals surface area contributed by atoms with Crippen LogP contribution in [0.4, 0.5) is 5.82 Å². The average Bonchev–Trinajstić information content (AvgIpc) is 2.81. The monoisotopic (exact) mass is 300 g/mol. The minimum atomic E-state index is -0.509. The van der Waals surface area contributed by atoms with Gasteiger partial charge in [0.1, 0.15) is 11.4 Å². The Kier molecular flexibility index (Phi) is 3.26. The number of fused-ring (bicyclic) bond motifs is 1. The van der Waals surface area contributed by atoms with Gasteiger partial charge in [0, 0.05) is 23.5 Å². The standard InChI is InChI=1S/C14H12N4O2S/c1-8-3-4-15-11(5-8)17-12(19)10-6-16-14-18(13(10)20)9(2)7-21-14/h3-7H,1-2H3,(H,15,17,19). The van der Waals surface area contributed by atoms with Crippen LogP contribution in [0.1, 0.15) is 21.6 Å². The second kappa shape index (κ2) is 5.10. The van der Waals surface area contributed by atoms with Gasteiger partial charge in [0.25, 0.3) is 11.5 Å². The van der Waals surface area contributed by atoms with E-state index in [0.717, 1.165) is 11.3 Å². The number of aryl methyl sites for hydroxylation is 2. The minimum absolute atomic E-state index is 0.00249. The first-order chi connectivity index (χ1) is 10.1. The van der Waals surface area contributed by atoms with Crippen LogP contribution in [-0.2, 0) is 0 Å². The van der Waals surface area contributed by atoms with E-state index < -0.39 is 5.91 Å². The van der Waals surface area contributed by atoms with Gasteiger partial charge in [0.2, 0.25) is 0 Å². The molecule has 3 rings (SSSR count). The molecule has 0 spiro atoms. The lowest BCUT2D eigenvalue weighted by Crippen LogP contribution is -2.26. The predicted octanol–water partition coefficient (Wildman–Crippen LogP) is 2.02. The summed E-state index contributed by atoms with van der Waals surface area (Å²) in [7, 11) is 0. The van der Waals surface area contributed by atoms with Crippen LogP contribution in [-0.4, -0.2) is 20.3 Å². The summed E-state index contributed by atoms with van der Waals surface area (Å²) in [4.78, 5) is 33.3. The van der Waals surface area contributed by atoms with Crippen molar-refractivity contribution in [3.8, 4) is 0 Å². The number of anilines is 1. The van der Waals surface area contributed by atoms with Crippen LogP contribution in [0.3, 0.4) is 0 Å². The van der Waals surface area contributed by atoms with Crippen LogP contribution >= 0.6 is 11.3 Å². The number of pyridine rings is 1. The highest BCUT2D eigenvalue weighted by Crippen LogP contribution is 2.12. The van der Waals surface area contributed by atoms with Gasteiger partial charge in [-0.25, -0.2) is 9.97 Å². The number of carbonyl (C=O) groups excluding carboxylic acids is 1. The molecular formula is C14H12N4O2S. The summed E-state index contributed by atoms with van der Waals surface area (Å²) in [6.07, 6.45) is 2.90. The highest BCUT2D eigenvalue weighted by molar-refractivity contribution is 7.15. The highest BCUT2D eigenvalue weighted by Gasteiger charge is 2.15. The summed E-state index contributed by atoms with van der Waals surface area (Å²) in [6, 6.07) is 3.56. The number of hydrogen-bond donors (Lipinski definition) is 1. The van der Waals surface area contributed by atoms with Crippen LogP contribution in [0.2, 0.25) is 0 Å². The summed E-state index contributed by atoms with van der Waals surface area (Å²) < 4.78 is 1.43. The summed E-state index contributed by atoms with van der Waals surface area (Å²) in [5, 5.41) is 4.44. The Morgan fingerprint density at radius 1 is 1.33 bits per heavy atom. The first kappa shape index (κ1) is 13.4. The lowest BCUT2D eigenvalue weighted by atomic mass is 10.3. The Bertz CT molecular complexity index is 897. The van der Waals surface area contributed by atoms with E-state index in [0.29, 0.717) is 10.8 Å². The van der Waals surface area contributed by atoms with Gasteiger partial charge in [-0.15, -0.1) is 11.3 Å². The summed E-state index contributed by atoms with van der Waals surface area (Å²) in [6.45, 7) is 3.70. The van der Waals surface area contributed by atoms with E-state index in [9.17, 15) is 9.59 Å². The normalized spacial score (nSPS) is 10.8. The Hall–Kier alpha value is -2.54. The average molecular weight is 300 g/mol. The quantitative estimate of drug-likeness (QED) is 0.785. The van der Waals surface area contributed by atoms with Gasteiger partial charge < -0.3 is 5.32 Å². The molecular weight excluding hydrogens is 288 g/mol. The van der Waals surface area contributed by atoms with Gasteiger partial charge in [0.05, 0.1) is 0 Å². The van der Waals surface area contributed by atoms with E-state index in [-0.39, 0.29) is 11.1 Å². The molecule has 1 amide bonds. The van der Waals surface area contributed by atoms with Crippen LogP contribution in [0, 0.1) is 13.8 Å². The molecule has 0 saturated heterocycles. The minimum Gasteiger partial charge on any atom is -0.306 e. The molecule has 0 saturated carbocycles. The van der Waals surface area contributed by atoms with Gasteiger partial charge in [-0.3, -0.25) is 14.0 Å². The van der Waals surface area contributed by atoms with E-state index in [4.69, 9.17) is 0 Å². The fourth-order valence-corrected chi connectivity index (χ4v) is 2.80. The van der Waals surface area contributed by atoms with Crippen molar-refractivity contribution < 1.29 is 4.79 Å². The first-order valence-corrected chi connectivity index (χ1v) is 7.14. The zero-order valence-electron chi connectivity index (χ0n) is 11.5. The number of rotatable bonds is 2. The molecule has 1 N–H and O–H groups in total. The molecule has 6 nitrogen and oxygen atoms in total. The molecule has 0 radical (unpaired) electrons. The number of aromatic nitrogens is 3. The molecule has 0 aliphatic rings. The Labute approximate surface area is 124 Å². The number of nitrogens with one attached hydrogen (secondary N) is 1. The third-order valence-electron chi connectivity index (χ3n) is 3.02. The lowest BCUT2D eigenvalue weighted by Gasteiger charge is -2.05. The molecule has 7 heteroatoms. The van der Waals surface area contributed by atoms with Crippen molar-refractivity contribution in [3.05, 3.63) is 57.1 Å². The molecule has 0 aromatic carbocycles. The maximum atomic E-state index is 12.4. The van der Waals surface area contributed by atoms with E-state index >= 15 is 0 Å². The maximum Gasteiger partial charge on any atom is 0.271 e. The van der Waals surface area contributed by atoms with E-state index in [1.165, 1.54) is 21.9 Å². The molecule has 0 fully saturated rings. The zero-order valence-corrected chi connectivity index (χ0v) is 12.3. The van der Waals surface area contributed by atoms with Crippen LogP contribution in [0.5, 0.6) is 0 Å². The molecule has 106 valence electrons. The van der Waals surface area contributed by atoms with Gasteiger partial charge in [-0.2, -0.15) is 0 Å². The number of hydrogen-bond acceptors (Lipinski definition) is 5. The third-order valence-corrected chi connectivity index (χ3v) is 3.98. The fourth-order valence-electron chi connectivity index (χ4n) is 1.97. The molecule has 3 aromatic rings. The van der Waals surface area contributed by atoms with Crippen LogP contribution < -0.4 is 10.9 Å². The van der Waals surface area contributed by atoms with Gasteiger partial charge in [-0.1, -0.05) is 0 Å². The molecule has 0 aliphatic heterocycles. The van der Waals surface area contributed by atoms with Crippen molar-refractivity contribution in [1.29, 1.82) is 0 Å². The molecule has 0 atom stereocenters. The number of carbonyl (C=O) groups is 1. The van der Waals surface area contributed by atoms with E-state index in [1.54, 1.807) is 19.2 Å². The van der Waals surface area contributed by atoms with Crippen molar-refractivity contribution in [1.82, 2.24) is 14.4 Å². The van der Waals surface area contributed by atoms with Crippen molar-refractivity contribution in [3.63, 3.8) is 0 Å². The molecule has 0 bridgehead atoms. The van der Waals surface area contributed by atoms with E-state index in [2.05, 4.69) is 15.3 Å². The van der Waals surface area contributed by atoms with Crippen molar-refractivity contribution in [2.45, 2.75) is 13.8 Å².